The first kappa shape index (κ1) is 29.9. The number of halogens is 2. The van der Waals surface area contributed by atoms with Crippen LogP contribution in [0.1, 0.15) is 30.7 Å². The average molecular weight is 634 g/mol. The van der Waals surface area contributed by atoms with E-state index in [1.165, 1.54) is 11.8 Å². The first-order chi connectivity index (χ1) is 20.0. The molecular formula is C28H30Cl2N6O3S2. The van der Waals surface area contributed by atoms with Gasteiger partial charge in [-0.15, -0.1) is 10.2 Å². The van der Waals surface area contributed by atoms with E-state index in [0.717, 1.165) is 81.0 Å². The van der Waals surface area contributed by atoms with Gasteiger partial charge in [0.2, 0.25) is 0 Å². The van der Waals surface area contributed by atoms with Crippen LogP contribution >= 0.6 is 47.2 Å². The summed E-state index contributed by atoms with van der Waals surface area (Å²) in [4.78, 5) is 17.8. The first-order valence-corrected chi connectivity index (χ1v) is 15.5. The second-order valence-corrected chi connectivity index (χ2v) is 12.1. The summed E-state index contributed by atoms with van der Waals surface area (Å²) >= 11 is 19.4. The highest BCUT2D eigenvalue weighted by atomic mass is 35.5. The number of tetrazole rings is 1. The van der Waals surface area contributed by atoms with Crippen LogP contribution in [0.15, 0.2) is 41.3 Å². The minimum absolute atomic E-state index is 0.0694. The normalized spacial score (nSPS) is 17.1. The molecule has 2 aliphatic heterocycles. The van der Waals surface area contributed by atoms with Crippen LogP contribution in [0.25, 0.3) is 17.2 Å². The summed E-state index contributed by atoms with van der Waals surface area (Å²) in [5.41, 5.74) is 2.62. The second-order valence-electron chi connectivity index (χ2n) is 9.66. The molecule has 0 unspecified atom stereocenters. The van der Waals surface area contributed by atoms with Crippen LogP contribution in [0.3, 0.4) is 0 Å². The quantitative estimate of drug-likeness (QED) is 0.158. The van der Waals surface area contributed by atoms with Crippen molar-refractivity contribution in [3.05, 3.63) is 62.7 Å². The molecule has 2 saturated heterocycles. The van der Waals surface area contributed by atoms with Gasteiger partial charge in [0.15, 0.2) is 5.82 Å². The lowest BCUT2D eigenvalue weighted by atomic mass is 10.0. The molecule has 0 bridgehead atoms. The third-order valence-electron chi connectivity index (χ3n) is 6.85. The summed E-state index contributed by atoms with van der Waals surface area (Å²) in [7, 11) is 0. The van der Waals surface area contributed by atoms with Crippen LogP contribution in [0.5, 0.6) is 5.75 Å². The van der Waals surface area contributed by atoms with Gasteiger partial charge in [0.1, 0.15) is 16.7 Å². The van der Waals surface area contributed by atoms with Gasteiger partial charge in [-0.2, -0.15) is 5.21 Å². The van der Waals surface area contributed by atoms with E-state index in [4.69, 9.17) is 44.9 Å². The van der Waals surface area contributed by atoms with Crippen LogP contribution < -0.4 is 4.74 Å². The molecular weight excluding hydrogens is 603 g/mol. The first-order valence-electron chi connectivity index (χ1n) is 13.5. The van der Waals surface area contributed by atoms with Crippen molar-refractivity contribution < 1.29 is 14.3 Å². The molecule has 41 heavy (non-hydrogen) atoms. The SMILES string of the molecule is O=C1/C(=C/c2ccc(OCCN3CCOCC3)c(-c3ccc(Cl)c(Cl)c3)c2)SC(=S)N1CCCCCc1nn[nH]n1. The number of thioether (sulfide) groups is 1. The van der Waals surface area contributed by atoms with E-state index in [-0.39, 0.29) is 5.91 Å². The largest absolute Gasteiger partial charge is 0.492 e. The molecule has 3 aromatic rings. The van der Waals surface area contributed by atoms with Gasteiger partial charge in [0.25, 0.3) is 5.91 Å². The summed E-state index contributed by atoms with van der Waals surface area (Å²) in [5, 5.41) is 14.9. The number of unbranched alkanes of at least 4 members (excludes halogenated alkanes) is 2. The molecule has 1 amide bonds. The Morgan fingerprint density at radius 3 is 2.71 bits per heavy atom. The van der Waals surface area contributed by atoms with Crippen molar-refractivity contribution in [3.63, 3.8) is 0 Å². The third-order valence-corrected chi connectivity index (χ3v) is 8.96. The number of nitrogens with one attached hydrogen (secondary N) is 1. The molecule has 5 rings (SSSR count). The number of hydrogen-bond donors (Lipinski definition) is 1. The molecule has 0 spiro atoms. The number of aromatic amines is 1. The Bertz CT molecular complexity index is 1400. The van der Waals surface area contributed by atoms with Crippen LogP contribution in [-0.2, 0) is 16.0 Å². The van der Waals surface area contributed by atoms with Gasteiger partial charge in [-0.1, -0.05) is 70.9 Å². The molecule has 1 aromatic heterocycles. The molecule has 0 radical (unpaired) electrons. The average Bonchev–Trinajstić information content (AvgIpc) is 3.59. The maximum Gasteiger partial charge on any atom is 0.266 e. The van der Waals surface area contributed by atoms with E-state index in [0.29, 0.717) is 38.2 Å². The number of hydrogen-bond acceptors (Lipinski definition) is 9. The molecule has 1 N–H and O–H groups in total. The third kappa shape index (κ3) is 8.06. The van der Waals surface area contributed by atoms with Crippen LogP contribution in [-0.4, -0.2) is 86.7 Å². The van der Waals surface area contributed by atoms with Gasteiger partial charge >= 0.3 is 0 Å². The Kier molecular flexibility index (Phi) is 10.6. The van der Waals surface area contributed by atoms with E-state index in [1.54, 1.807) is 11.0 Å². The van der Waals surface area contributed by atoms with Gasteiger partial charge in [-0.05, 0) is 54.3 Å². The van der Waals surface area contributed by atoms with E-state index < -0.39 is 0 Å². The predicted molar refractivity (Wildman–Crippen MR) is 166 cm³/mol. The van der Waals surface area contributed by atoms with Gasteiger partial charge in [-0.3, -0.25) is 14.6 Å². The Hall–Kier alpha value is -2.54. The molecule has 13 heteroatoms. The van der Waals surface area contributed by atoms with Crippen molar-refractivity contribution in [1.29, 1.82) is 0 Å². The summed E-state index contributed by atoms with van der Waals surface area (Å²) in [6.45, 7) is 5.24. The summed E-state index contributed by atoms with van der Waals surface area (Å²) < 4.78 is 12.3. The van der Waals surface area contributed by atoms with Crippen LogP contribution in [0.4, 0.5) is 0 Å². The van der Waals surface area contributed by atoms with Gasteiger partial charge < -0.3 is 9.47 Å². The van der Waals surface area contributed by atoms with Crippen LogP contribution in [0.2, 0.25) is 10.0 Å². The molecule has 0 saturated carbocycles. The standard InChI is InChI=1S/C28H30Cl2N6O3S2/c29-22-7-6-20(18-23(22)30)21-16-19(5-8-24(21)39-15-12-35-10-13-38-14-11-35)17-25-27(37)36(28(40)41-25)9-3-1-2-4-26-31-33-34-32-26/h5-8,16-18H,1-4,9-15H2,(H,31,32,33,34)/b25-17-. The van der Waals surface area contributed by atoms with Crippen molar-refractivity contribution >= 4 is 63.5 Å². The number of carbonyl (C=O) groups excluding carboxylic acids is 1. The van der Waals surface area contributed by atoms with Crippen LogP contribution in [0, 0.1) is 0 Å². The van der Waals surface area contributed by atoms with E-state index in [9.17, 15) is 4.79 Å². The van der Waals surface area contributed by atoms with Gasteiger partial charge in [0.05, 0.1) is 28.2 Å². The number of morpholine rings is 1. The van der Waals surface area contributed by atoms with E-state index >= 15 is 0 Å². The summed E-state index contributed by atoms with van der Waals surface area (Å²) in [5.74, 6) is 1.37. The fourth-order valence-electron chi connectivity index (χ4n) is 4.62. The van der Waals surface area contributed by atoms with E-state index in [1.807, 2.05) is 36.4 Å². The Morgan fingerprint density at radius 2 is 1.93 bits per heavy atom. The monoisotopic (exact) mass is 632 g/mol. The topological polar surface area (TPSA) is 96.5 Å². The maximum atomic E-state index is 13.2. The molecule has 9 nitrogen and oxygen atoms in total. The Balaban J connectivity index is 1.26. The number of aryl methyl sites for hydroxylation is 1. The van der Waals surface area contributed by atoms with Crippen molar-refractivity contribution in [2.45, 2.75) is 25.7 Å². The minimum atomic E-state index is -0.0694. The molecule has 2 aromatic carbocycles. The number of thiocarbonyl (C=S) groups is 1. The zero-order valence-corrected chi connectivity index (χ0v) is 25.5. The Morgan fingerprint density at radius 1 is 1.07 bits per heavy atom. The smallest absolute Gasteiger partial charge is 0.266 e. The highest BCUT2D eigenvalue weighted by Crippen LogP contribution is 2.37. The number of carbonyl (C=O) groups is 1. The number of H-pyrrole nitrogens is 1. The fourth-order valence-corrected chi connectivity index (χ4v) is 6.23. The number of rotatable bonds is 12. The van der Waals surface area contributed by atoms with Gasteiger partial charge in [0, 0.05) is 38.2 Å². The lowest BCUT2D eigenvalue weighted by Crippen LogP contribution is -2.38. The highest BCUT2D eigenvalue weighted by molar-refractivity contribution is 8.26. The molecule has 0 aliphatic carbocycles. The van der Waals surface area contributed by atoms with E-state index in [2.05, 4.69) is 25.5 Å². The van der Waals surface area contributed by atoms with Gasteiger partial charge in [-0.25, -0.2) is 0 Å². The molecule has 2 fully saturated rings. The number of benzene rings is 2. The zero-order chi connectivity index (χ0) is 28.6. The minimum Gasteiger partial charge on any atom is -0.492 e. The fraction of sp³-hybridized carbons (Fsp3) is 0.393. The maximum absolute atomic E-state index is 13.2. The number of nitrogens with zero attached hydrogens (tertiary/aromatic N) is 5. The second kappa shape index (κ2) is 14.6. The van der Waals surface area contributed by atoms with Crippen molar-refractivity contribution in [1.82, 2.24) is 30.4 Å². The summed E-state index contributed by atoms with van der Waals surface area (Å²) in [6, 6.07) is 11.4. The lowest BCUT2D eigenvalue weighted by molar-refractivity contribution is -0.122. The number of ether oxygens (including phenoxy) is 2. The molecule has 0 atom stereocenters. The number of amides is 1. The highest BCUT2D eigenvalue weighted by Gasteiger charge is 2.31. The molecule has 2 aliphatic rings. The molecule has 3 heterocycles. The Labute approximate surface area is 258 Å². The van der Waals surface area contributed by atoms with Crippen molar-refractivity contribution in [2.75, 3.05) is 46.0 Å². The summed E-state index contributed by atoms with van der Waals surface area (Å²) in [6.07, 6.45) is 5.33. The number of aromatic nitrogens is 4. The van der Waals surface area contributed by atoms with Crippen molar-refractivity contribution in [3.8, 4) is 16.9 Å². The zero-order valence-electron chi connectivity index (χ0n) is 22.4. The van der Waals surface area contributed by atoms with Crippen molar-refractivity contribution in [2.24, 2.45) is 0 Å². The lowest BCUT2D eigenvalue weighted by Gasteiger charge is -2.26. The predicted octanol–water partition coefficient (Wildman–Crippen LogP) is 5.50. The molecule has 216 valence electrons.